The van der Waals surface area contributed by atoms with Crippen LogP contribution >= 0.6 is 0 Å². The van der Waals surface area contributed by atoms with Gasteiger partial charge in [-0.1, -0.05) is 12.1 Å². The van der Waals surface area contributed by atoms with Gasteiger partial charge in [0.2, 0.25) is 0 Å². The van der Waals surface area contributed by atoms with Crippen LogP contribution in [0.3, 0.4) is 0 Å². The van der Waals surface area contributed by atoms with Gasteiger partial charge >= 0.3 is 65.0 Å². The maximum absolute atomic E-state index is 12.1. The molecule has 0 aliphatic carbocycles. The summed E-state index contributed by atoms with van der Waals surface area (Å²) in [6.07, 6.45) is 0. The first-order chi connectivity index (χ1) is 6.39. The van der Waals surface area contributed by atoms with E-state index in [0.717, 1.165) is 18.2 Å². The van der Waals surface area contributed by atoms with Crippen molar-refractivity contribution in [1.29, 1.82) is 0 Å². The Labute approximate surface area is 125 Å². The zero-order chi connectivity index (χ0) is 10.8. The first kappa shape index (κ1) is 15.4. The largest absolute Gasteiger partial charge is 1.00 e. The second-order valence-electron chi connectivity index (χ2n) is 2.53. The van der Waals surface area contributed by atoms with Crippen molar-refractivity contribution in [2.75, 3.05) is 0 Å². The van der Waals surface area contributed by atoms with Crippen LogP contribution in [0.25, 0.3) is 0 Å². The minimum Gasteiger partial charge on any atom is -0.445 e. The van der Waals surface area contributed by atoms with E-state index in [9.17, 15) is 21.7 Å². The van der Waals surface area contributed by atoms with E-state index in [1.807, 2.05) is 0 Å². The Bertz CT molecular complexity index is 316. The third-order valence-corrected chi connectivity index (χ3v) is 1.46. The third-order valence-electron chi connectivity index (χ3n) is 1.46. The Morgan fingerprint density at radius 3 is 2.20 bits per heavy atom. The summed E-state index contributed by atoms with van der Waals surface area (Å²) >= 11 is 0. The number of hydrogen-bond donors (Lipinski definition) is 0. The van der Waals surface area contributed by atoms with Crippen LogP contribution in [0.4, 0.5) is 21.7 Å². The maximum atomic E-state index is 12.1. The van der Waals surface area contributed by atoms with E-state index in [1.165, 1.54) is 0 Å². The molecule has 0 aliphatic rings. The summed E-state index contributed by atoms with van der Waals surface area (Å²) in [6, 6.07) is 3.41. The molecule has 0 N–H and O–H groups in total. The standard InChI is InChI=1S/C7H5BF5O.K/c9-7(10)14-6-3-1-2-5(4-6)8(11,12)13;/h1-4,7H;/q-1;+1. The number of hydrogen-bond acceptors (Lipinski definition) is 1. The van der Waals surface area contributed by atoms with Crippen LogP contribution in [0.2, 0.25) is 0 Å². The van der Waals surface area contributed by atoms with E-state index in [-0.39, 0.29) is 51.4 Å². The van der Waals surface area contributed by atoms with E-state index in [4.69, 9.17) is 0 Å². The molecule has 0 atom stereocenters. The summed E-state index contributed by atoms with van der Waals surface area (Å²) in [5.41, 5.74) is -0.955. The van der Waals surface area contributed by atoms with E-state index in [0.29, 0.717) is 6.07 Å². The molecule has 0 spiro atoms. The molecule has 1 aromatic rings. The summed E-state index contributed by atoms with van der Waals surface area (Å²) < 4.78 is 63.5. The molecule has 0 saturated carbocycles. The van der Waals surface area contributed by atoms with Gasteiger partial charge in [-0.2, -0.15) is 8.78 Å². The first-order valence-electron chi connectivity index (χ1n) is 3.64. The fourth-order valence-electron chi connectivity index (χ4n) is 0.894. The van der Waals surface area contributed by atoms with Crippen molar-refractivity contribution in [3.8, 4) is 5.75 Å². The van der Waals surface area contributed by atoms with Crippen LogP contribution in [0.1, 0.15) is 0 Å². The number of halogens is 5. The van der Waals surface area contributed by atoms with Gasteiger partial charge in [0, 0.05) is 0 Å². The molecule has 0 fully saturated rings. The Morgan fingerprint density at radius 1 is 1.13 bits per heavy atom. The summed E-state index contributed by atoms with van der Waals surface area (Å²) in [7, 11) is 0. The molecule has 0 bridgehead atoms. The maximum Gasteiger partial charge on any atom is 1.00 e. The van der Waals surface area contributed by atoms with E-state index < -0.39 is 24.8 Å². The predicted octanol–water partition coefficient (Wildman–Crippen LogP) is -0.654. The number of rotatable bonds is 3. The summed E-state index contributed by atoms with van der Waals surface area (Å²) in [6.45, 7) is -8.30. The van der Waals surface area contributed by atoms with Gasteiger partial charge < -0.3 is 17.7 Å². The molecule has 15 heavy (non-hydrogen) atoms. The topological polar surface area (TPSA) is 9.23 Å². The Balaban J connectivity index is 0.00000196. The molecular formula is C7H5BF5KO. The first-order valence-corrected chi connectivity index (χ1v) is 3.64. The van der Waals surface area contributed by atoms with Crippen molar-refractivity contribution in [2.24, 2.45) is 0 Å². The van der Waals surface area contributed by atoms with Crippen molar-refractivity contribution in [3.63, 3.8) is 0 Å². The van der Waals surface area contributed by atoms with Gasteiger partial charge in [0.1, 0.15) is 5.75 Å². The van der Waals surface area contributed by atoms with E-state index >= 15 is 0 Å². The second-order valence-corrected chi connectivity index (χ2v) is 2.53. The van der Waals surface area contributed by atoms with E-state index in [1.54, 1.807) is 0 Å². The summed E-state index contributed by atoms with van der Waals surface area (Å²) in [5, 5.41) is 0. The molecule has 8 heteroatoms. The van der Waals surface area contributed by atoms with Gasteiger partial charge in [-0.15, -0.1) is 5.46 Å². The smallest absolute Gasteiger partial charge is 0.445 e. The molecule has 0 amide bonds. The average Bonchev–Trinajstić information content (AvgIpc) is 2.01. The molecule has 0 unspecified atom stereocenters. The predicted molar refractivity (Wildman–Crippen MR) is 41.8 cm³/mol. The molecular weight excluding hydrogens is 245 g/mol. The minimum atomic E-state index is -5.18. The molecule has 0 aliphatic heterocycles. The van der Waals surface area contributed by atoms with Crippen LogP contribution < -0.4 is 61.6 Å². The molecule has 1 nitrogen and oxygen atoms in total. The number of alkyl halides is 2. The summed E-state index contributed by atoms with van der Waals surface area (Å²) in [4.78, 5) is 0. The molecule has 0 radical (unpaired) electrons. The average molecular weight is 250 g/mol. The quantitative estimate of drug-likeness (QED) is 0.511. The van der Waals surface area contributed by atoms with Gasteiger partial charge in [0.25, 0.3) is 0 Å². The molecule has 1 rings (SSSR count). The summed E-state index contributed by atoms with van der Waals surface area (Å²) in [5.74, 6) is -0.489. The van der Waals surface area contributed by atoms with Crippen LogP contribution in [0, 0.1) is 0 Å². The fourth-order valence-corrected chi connectivity index (χ4v) is 0.894. The molecule has 78 valence electrons. The van der Waals surface area contributed by atoms with Gasteiger partial charge in [-0.25, -0.2) is 0 Å². The van der Waals surface area contributed by atoms with Crippen molar-refractivity contribution >= 4 is 12.4 Å². The van der Waals surface area contributed by atoms with Gasteiger partial charge in [0.15, 0.2) is 0 Å². The Morgan fingerprint density at radius 2 is 1.73 bits per heavy atom. The SMILES string of the molecule is FC(F)Oc1cccc([B-](F)(F)F)c1.[K+]. The molecule has 1 aromatic carbocycles. The minimum absolute atomic E-state index is 0. The number of ether oxygens (including phenoxy) is 1. The fraction of sp³-hybridized carbons (Fsp3) is 0.143. The zero-order valence-electron chi connectivity index (χ0n) is 7.76. The third kappa shape index (κ3) is 5.30. The van der Waals surface area contributed by atoms with Crippen LogP contribution in [0.5, 0.6) is 5.75 Å². The van der Waals surface area contributed by atoms with Crippen LogP contribution in [-0.2, 0) is 0 Å². The van der Waals surface area contributed by atoms with E-state index in [2.05, 4.69) is 4.74 Å². The molecule has 0 saturated heterocycles. The van der Waals surface area contributed by atoms with Crippen molar-refractivity contribution in [1.82, 2.24) is 0 Å². The van der Waals surface area contributed by atoms with Gasteiger partial charge in [-0.05, 0) is 12.1 Å². The second kappa shape index (κ2) is 6.19. The van der Waals surface area contributed by atoms with Gasteiger partial charge in [-0.3, -0.25) is 0 Å². The molecule has 0 heterocycles. The number of benzene rings is 1. The van der Waals surface area contributed by atoms with Crippen LogP contribution in [0.15, 0.2) is 24.3 Å². The van der Waals surface area contributed by atoms with Gasteiger partial charge in [0.05, 0.1) is 0 Å². The normalized spacial score (nSPS) is 11.1. The monoisotopic (exact) mass is 250 g/mol. The Kier molecular flexibility index (Phi) is 6.34. The van der Waals surface area contributed by atoms with Crippen molar-refractivity contribution < 1.29 is 77.8 Å². The van der Waals surface area contributed by atoms with Crippen molar-refractivity contribution in [3.05, 3.63) is 24.3 Å². The van der Waals surface area contributed by atoms with Crippen molar-refractivity contribution in [2.45, 2.75) is 6.61 Å². The Hall–Kier alpha value is 0.371. The zero-order valence-corrected chi connectivity index (χ0v) is 10.9. The van der Waals surface area contributed by atoms with Crippen LogP contribution in [-0.4, -0.2) is 13.6 Å². The molecule has 0 aromatic heterocycles.